The van der Waals surface area contributed by atoms with Gasteiger partial charge in [0.1, 0.15) is 18.9 Å². The average Bonchev–Trinajstić information content (AvgIpc) is 3.72. The van der Waals surface area contributed by atoms with Gasteiger partial charge >= 0.3 is 7.12 Å². The number of hydrogen-bond donors (Lipinski definition) is 0. The summed E-state index contributed by atoms with van der Waals surface area (Å²) in [5, 5.41) is 0.708. The number of hydrogen-bond acceptors (Lipinski definition) is 8. The Labute approximate surface area is 305 Å². The number of aromatic nitrogens is 2. The molecule has 0 N–H and O–H groups in total. The molecule has 2 aromatic carbocycles. The summed E-state index contributed by atoms with van der Waals surface area (Å²) in [4.78, 5) is 5.00. The summed E-state index contributed by atoms with van der Waals surface area (Å²) in [7, 11) is -3.70. The Balaban J connectivity index is 1.25. The van der Waals surface area contributed by atoms with E-state index in [0.29, 0.717) is 37.6 Å². The van der Waals surface area contributed by atoms with E-state index < -0.39 is 34.7 Å². The number of ether oxygens (including phenoxy) is 4. The van der Waals surface area contributed by atoms with Crippen LogP contribution in [-0.4, -0.2) is 88.5 Å². The maximum atomic E-state index is 7.01. The number of imidazole rings is 1. The van der Waals surface area contributed by atoms with Crippen molar-refractivity contribution in [2.24, 2.45) is 0 Å². The minimum absolute atomic E-state index is 0.0925. The molecule has 0 amide bonds. The van der Waals surface area contributed by atoms with Crippen molar-refractivity contribution >= 4 is 51.6 Å². The first-order chi connectivity index (χ1) is 23.2. The van der Waals surface area contributed by atoms with Gasteiger partial charge in [-0.1, -0.05) is 76.3 Å². The second-order valence-electron chi connectivity index (χ2n) is 17.9. The van der Waals surface area contributed by atoms with Gasteiger partial charge in [-0.3, -0.25) is 4.57 Å². The highest BCUT2D eigenvalue weighted by Gasteiger charge is 2.53. The van der Waals surface area contributed by atoms with Crippen molar-refractivity contribution in [3.05, 3.63) is 41.4 Å². The zero-order valence-corrected chi connectivity index (χ0v) is 34.8. The van der Waals surface area contributed by atoms with Gasteiger partial charge in [0.05, 0.1) is 46.6 Å². The molecule has 3 saturated heterocycles. The van der Waals surface area contributed by atoms with Crippen LogP contribution in [0.25, 0.3) is 22.2 Å². The maximum absolute atomic E-state index is 7.01. The highest BCUT2D eigenvalue weighted by Crippen LogP contribution is 2.41. The molecule has 3 aromatic rings. The van der Waals surface area contributed by atoms with Crippen molar-refractivity contribution in [1.82, 2.24) is 9.55 Å². The molecule has 3 fully saturated rings. The summed E-state index contributed by atoms with van der Waals surface area (Å²) in [5.74, 6) is 0. The second-order valence-corrected chi connectivity index (χ2v) is 28.7. The first-order valence-electron chi connectivity index (χ1n) is 18.0. The first-order valence-corrected chi connectivity index (χ1v) is 25.0. The number of halogens is 1. The van der Waals surface area contributed by atoms with Gasteiger partial charge in [-0.05, 0) is 75.0 Å². The SMILES string of the molecule is CC1(C)OB(c2ccc(-c3cc4nc(O[C@@H]5CO[C@@H]6C(O[Si](C)(C)C(C)(C)C)CO[C@@H]65)n(COCC[Si](C)(C)C)c4cc3Cl)cc2)OC1(C)C. The molecular formula is C37H56BClN2O7Si2. The number of fused-ring (bicyclic) bond motifs is 2. The molecule has 3 aliphatic rings. The lowest BCUT2D eigenvalue weighted by Gasteiger charge is -2.39. The van der Waals surface area contributed by atoms with Crippen LogP contribution in [-0.2, 0) is 34.7 Å². The predicted octanol–water partition coefficient (Wildman–Crippen LogP) is 7.90. The fourth-order valence-corrected chi connectivity index (χ4v) is 8.55. The molecule has 0 radical (unpaired) electrons. The highest BCUT2D eigenvalue weighted by atomic mass is 35.5. The molecule has 0 saturated carbocycles. The molecule has 6 rings (SSSR count). The van der Waals surface area contributed by atoms with Crippen molar-refractivity contribution in [2.45, 2.75) is 135 Å². The third kappa shape index (κ3) is 7.65. The van der Waals surface area contributed by atoms with Crippen molar-refractivity contribution in [1.29, 1.82) is 0 Å². The van der Waals surface area contributed by atoms with Gasteiger partial charge in [-0.15, -0.1) is 0 Å². The fraction of sp³-hybridized carbons (Fsp3) is 0.649. The molecule has 0 bridgehead atoms. The zero-order chi connectivity index (χ0) is 36.4. The third-order valence-corrected chi connectivity index (χ3v) is 17.8. The molecule has 4 heterocycles. The number of rotatable bonds is 11. The van der Waals surface area contributed by atoms with E-state index in [-0.39, 0.29) is 29.5 Å². The fourth-order valence-electron chi connectivity index (χ4n) is 6.21. The second kappa shape index (κ2) is 13.6. The maximum Gasteiger partial charge on any atom is 0.494 e. The Bertz CT molecular complexity index is 1670. The van der Waals surface area contributed by atoms with Crippen LogP contribution >= 0.6 is 11.6 Å². The standard InChI is InChI=1S/C37H56BClN2O7Si2/c1-35(2,3)50(11,12)46-31-22-44-32-30(21-43-33(31)32)45-34-40-28-19-26(27(39)20-29(28)41(34)23-42-17-18-49(8,9)10)24-13-15-25(16-14-24)38-47-36(4,5)37(6,7)48-38/h13-16,19-20,30-33H,17-18,21-23H2,1-12H3/t30-,31?,32-,33-/m1/s1. The van der Waals surface area contributed by atoms with Gasteiger partial charge in [0.2, 0.25) is 0 Å². The van der Waals surface area contributed by atoms with E-state index in [1.165, 1.54) is 0 Å². The lowest BCUT2D eigenvalue weighted by atomic mass is 9.78. The first kappa shape index (κ1) is 38.0. The van der Waals surface area contributed by atoms with Crippen LogP contribution in [0.5, 0.6) is 6.01 Å². The summed E-state index contributed by atoms with van der Waals surface area (Å²) in [6.07, 6.45) is -0.868. The van der Waals surface area contributed by atoms with Crippen molar-refractivity contribution in [3.8, 4) is 17.1 Å². The molecule has 9 nitrogen and oxygen atoms in total. The molecule has 0 spiro atoms. The van der Waals surface area contributed by atoms with Crippen LogP contribution in [0.2, 0.25) is 48.8 Å². The Morgan fingerprint density at radius 2 is 1.52 bits per heavy atom. The van der Waals surface area contributed by atoms with Gasteiger partial charge < -0.3 is 32.7 Å². The topological polar surface area (TPSA) is 82.4 Å². The molecule has 13 heteroatoms. The largest absolute Gasteiger partial charge is 0.494 e. The van der Waals surface area contributed by atoms with E-state index in [0.717, 1.165) is 33.7 Å². The summed E-state index contributed by atoms with van der Waals surface area (Å²) in [6, 6.07) is 13.7. The van der Waals surface area contributed by atoms with Gasteiger partial charge in [0, 0.05) is 20.2 Å². The van der Waals surface area contributed by atoms with Crippen LogP contribution < -0.4 is 10.2 Å². The van der Waals surface area contributed by atoms with Gasteiger partial charge in [0.15, 0.2) is 14.4 Å². The van der Waals surface area contributed by atoms with Gasteiger partial charge in [0.25, 0.3) is 6.01 Å². The monoisotopic (exact) mass is 742 g/mol. The van der Waals surface area contributed by atoms with Gasteiger partial charge in [-0.25, -0.2) is 0 Å². The Morgan fingerprint density at radius 3 is 2.12 bits per heavy atom. The van der Waals surface area contributed by atoms with Crippen LogP contribution in [0.3, 0.4) is 0 Å². The van der Waals surface area contributed by atoms with Crippen LogP contribution in [0, 0.1) is 0 Å². The van der Waals surface area contributed by atoms with E-state index in [1.807, 2.05) is 28.8 Å². The molecule has 4 atom stereocenters. The highest BCUT2D eigenvalue weighted by molar-refractivity contribution is 6.76. The van der Waals surface area contributed by atoms with Crippen LogP contribution in [0.1, 0.15) is 48.5 Å². The average molecular weight is 743 g/mol. The molecule has 0 aliphatic carbocycles. The summed E-state index contributed by atoms with van der Waals surface area (Å²) < 4.78 is 46.7. The molecule has 274 valence electrons. The van der Waals surface area contributed by atoms with Crippen molar-refractivity contribution in [2.75, 3.05) is 19.8 Å². The zero-order valence-electron chi connectivity index (χ0n) is 32.0. The van der Waals surface area contributed by atoms with E-state index in [9.17, 15) is 0 Å². The normalized spacial score (nSPS) is 25.1. The molecule has 1 aromatic heterocycles. The Kier molecular flexibility index (Phi) is 10.3. The summed E-state index contributed by atoms with van der Waals surface area (Å²) in [6.45, 7) is 28.4. The summed E-state index contributed by atoms with van der Waals surface area (Å²) >= 11 is 7.01. The van der Waals surface area contributed by atoms with Crippen LogP contribution in [0.4, 0.5) is 0 Å². The molecule has 3 aliphatic heterocycles. The van der Waals surface area contributed by atoms with E-state index in [2.05, 4.69) is 93.3 Å². The minimum atomic E-state index is -2.01. The van der Waals surface area contributed by atoms with E-state index >= 15 is 0 Å². The Hall–Kier alpha value is -1.74. The quantitative estimate of drug-likeness (QED) is 0.145. The third-order valence-electron chi connectivity index (χ3n) is 11.2. The predicted molar refractivity (Wildman–Crippen MR) is 206 cm³/mol. The number of benzene rings is 2. The van der Waals surface area contributed by atoms with E-state index in [1.54, 1.807) is 0 Å². The lowest BCUT2D eigenvalue weighted by Crippen LogP contribution is -2.47. The van der Waals surface area contributed by atoms with Crippen molar-refractivity contribution in [3.63, 3.8) is 0 Å². The summed E-state index contributed by atoms with van der Waals surface area (Å²) in [5.41, 5.74) is 3.62. The molecule has 1 unspecified atom stereocenters. The van der Waals surface area contributed by atoms with Crippen LogP contribution in [0.15, 0.2) is 36.4 Å². The Morgan fingerprint density at radius 1 is 0.920 bits per heavy atom. The smallest absolute Gasteiger partial charge is 0.456 e. The molecular weight excluding hydrogens is 687 g/mol. The van der Waals surface area contributed by atoms with Crippen molar-refractivity contribution < 1.29 is 32.7 Å². The lowest BCUT2D eigenvalue weighted by molar-refractivity contribution is 0.00578. The number of nitrogens with zero attached hydrogens (tertiary/aromatic N) is 2. The minimum Gasteiger partial charge on any atom is -0.456 e. The van der Waals surface area contributed by atoms with Gasteiger partial charge in [-0.2, -0.15) is 4.98 Å². The molecule has 50 heavy (non-hydrogen) atoms. The van der Waals surface area contributed by atoms with E-state index in [4.69, 9.17) is 49.3 Å².